The highest BCUT2D eigenvalue weighted by Gasteiger charge is 2.30. The third-order valence-electron chi connectivity index (χ3n) is 3.74. The molecule has 0 spiro atoms. The molecule has 0 bridgehead atoms. The van der Waals surface area contributed by atoms with Crippen LogP contribution in [0.4, 0.5) is 0 Å². The summed E-state index contributed by atoms with van der Waals surface area (Å²) in [7, 11) is 3.34. The summed E-state index contributed by atoms with van der Waals surface area (Å²) in [6.07, 6.45) is 5.20. The van der Waals surface area contributed by atoms with Crippen LogP contribution in [0, 0.1) is 5.92 Å². The second-order valence-electron chi connectivity index (χ2n) is 5.39. The molecule has 0 aromatic carbocycles. The van der Waals surface area contributed by atoms with Crippen LogP contribution in [0.5, 0.6) is 0 Å². The van der Waals surface area contributed by atoms with Gasteiger partial charge in [-0.05, 0) is 32.1 Å². The fourth-order valence-electron chi connectivity index (χ4n) is 2.40. The van der Waals surface area contributed by atoms with Gasteiger partial charge in [0.05, 0.1) is 14.2 Å². The van der Waals surface area contributed by atoms with Crippen molar-refractivity contribution < 1.29 is 9.47 Å². The second-order valence-corrected chi connectivity index (χ2v) is 5.39. The standard InChI is InChI=1S/C16H28N2O2/c1-7-12(8-2)9-10-13-15(19-5)18-14(11(3)4)16(17-13)20-6/h7,11,13-14H,8-10H2,1-6H3. The van der Waals surface area contributed by atoms with Crippen molar-refractivity contribution in [2.75, 3.05) is 14.2 Å². The molecule has 2 unspecified atom stereocenters. The Morgan fingerprint density at radius 1 is 1.20 bits per heavy atom. The highest BCUT2D eigenvalue weighted by molar-refractivity contribution is 5.94. The summed E-state index contributed by atoms with van der Waals surface area (Å²) in [5.41, 5.74) is 1.45. The van der Waals surface area contributed by atoms with Gasteiger partial charge in [0.1, 0.15) is 12.1 Å². The normalized spacial score (nSPS) is 23.4. The van der Waals surface area contributed by atoms with Gasteiger partial charge in [0.25, 0.3) is 0 Å². The van der Waals surface area contributed by atoms with E-state index in [4.69, 9.17) is 14.5 Å². The Balaban J connectivity index is 2.84. The van der Waals surface area contributed by atoms with E-state index in [-0.39, 0.29) is 12.1 Å². The van der Waals surface area contributed by atoms with E-state index < -0.39 is 0 Å². The van der Waals surface area contributed by atoms with Gasteiger partial charge in [-0.15, -0.1) is 0 Å². The van der Waals surface area contributed by atoms with Gasteiger partial charge in [0, 0.05) is 0 Å². The Morgan fingerprint density at radius 3 is 2.30 bits per heavy atom. The first kappa shape index (κ1) is 16.7. The third kappa shape index (κ3) is 4.09. The summed E-state index contributed by atoms with van der Waals surface area (Å²) >= 11 is 0. The lowest BCUT2D eigenvalue weighted by atomic mass is 10.00. The van der Waals surface area contributed by atoms with E-state index in [9.17, 15) is 0 Å². The van der Waals surface area contributed by atoms with Gasteiger partial charge in [-0.2, -0.15) is 0 Å². The molecule has 0 radical (unpaired) electrons. The fraction of sp³-hybridized carbons (Fsp3) is 0.750. The van der Waals surface area contributed by atoms with Gasteiger partial charge >= 0.3 is 0 Å². The van der Waals surface area contributed by atoms with Crippen LogP contribution in [0.15, 0.2) is 21.6 Å². The quantitative estimate of drug-likeness (QED) is 0.722. The SMILES string of the molecule is CC=C(CC)CCC1N=C(OC)C(C(C)C)N=C1OC. The average molecular weight is 280 g/mol. The van der Waals surface area contributed by atoms with Crippen LogP contribution in [0.2, 0.25) is 0 Å². The van der Waals surface area contributed by atoms with Crippen molar-refractivity contribution in [1.29, 1.82) is 0 Å². The van der Waals surface area contributed by atoms with Crippen LogP contribution in [0.25, 0.3) is 0 Å². The van der Waals surface area contributed by atoms with Crippen molar-refractivity contribution in [2.24, 2.45) is 15.9 Å². The number of allylic oxidation sites excluding steroid dienone is 2. The molecule has 0 saturated heterocycles. The van der Waals surface area contributed by atoms with Crippen LogP contribution in [0.3, 0.4) is 0 Å². The predicted octanol–water partition coefficient (Wildman–Crippen LogP) is 3.62. The predicted molar refractivity (Wildman–Crippen MR) is 84.6 cm³/mol. The van der Waals surface area contributed by atoms with Crippen LogP contribution in [0.1, 0.15) is 47.0 Å². The van der Waals surface area contributed by atoms with Crippen molar-refractivity contribution >= 4 is 11.8 Å². The maximum Gasteiger partial charge on any atom is 0.209 e. The molecular weight excluding hydrogens is 252 g/mol. The minimum Gasteiger partial charge on any atom is -0.483 e. The van der Waals surface area contributed by atoms with Gasteiger partial charge in [-0.3, -0.25) is 0 Å². The van der Waals surface area contributed by atoms with Crippen LogP contribution in [-0.4, -0.2) is 38.1 Å². The highest BCUT2D eigenvalue weighted by atomic mass is 16.5. The summed E-state index contributed by atoms with van der Waals surface area (Å²) in [6.45, 7) is 8.50. The zero-order chi connectivity index (χ0) is 15.1. The average Bonchev–Trinajstić information content (AvgIpc) is 2.47. The van der Waals surface area contributed by atoms with Gasteiger partial charge in [-0.1, -0.05) is 32.4 Å². The second kappa shape index (κ2) is 8.08. The maximum absolute atomic E-state index is 5.44. The molecule has 4 heteroatoms. The number of aliphatic imine (C=N–C) groups is 2. The van der Waals surface area contributed by atoms with Gasteiger partial charge < -0.3 is 9.47 Å². The molecule has 0 fully saturated rings. The third-order valence-corrected chi connectivity index (χ3v) is 3.74. The van der Waals surface area contributed by atoms with Gasteiger partial charge in [-0.25, -0.2) is 9.98 Å². The minimum absolute atomic E-state index is 0.0218. The highest BCUT2D eigenvalue weighted by Crippen LogP contribution is 2.21. The lowest BCUT2D eigenvalue weighted by Crippen LogP contribution is -2.37. The smallest absolute Gasteiger partial charge is 0.209 e. The Morgan fingerprint density at radius 2 is 1.85 bits per heavy atom. The van der Waals surface area contributed by atoms with E-state index in [0.717, 1.165) is 31.1 Å². The summed E-state index contributed by atoms with van der Waals surface area (Å²) < 4.78 is 10.9. The summed E-state index contributed by atoms with van der Waals surface area (Å²) in [5.74, 6) is 1.81. The Kier molecular flexibility index (Phi) is 6.76. The molecule has 0 aliphatic carbocycles. The molecule has 4 nitrogen and oxygen atoms in total. The molecule has 20 heavy (non-hydrogen) atoms. The first-order chi connectivity index (χ1) is 9.57. The number of methoxy groups -OCH3 is 2. The molecule has 0 aromatic heterocycles. The zero-order valence-electron chi connectivity index (χ0n) is 13.6. The minimum atomic E-state index is -0.0291. The Bertz CT molecular complexity index is 397. The monoisotopic (exact) mass is 280 g/mol. The first-order valence-corrected chi connectivity index (χ1v) is 7.44. The van der Waals surface area contributed by atoms with E-state index in [1.165, 1.54) is 5.57 Å². The largest absolute Gasteiger partial charge is 0.483 e. The summed E-state index contributed by atoms with van der Waals surface area (Å²) in [5, 5.41) is 0. The molecule has 114 valence electrons. The maximum atomic E-state index is 5.44. The molecule has 0 N–H and O–H groups in total. The lowest BCUT2D eigenvalue weighted by Gasteiger charge is -2.27. The molecular formula is C16H28N2O2. The number of hydrogen-bond acceptors (Lipinski definition) is 4. The van der Waals surface area contributed by atoms with E-state index in [1.54, 1.807) is 14.2 Å². The molecule has 1 rings (SSSR count). The summed E-state index contributed by atoms with van der Waals surface area (Å²) in [4.78, 5) is 9.39. The van der Waals surface area contributed by atoms with E-state index >= 15 is 0 Å². The zero-order valence-corrected chi connectivity index (χ0v) is 13.6. The number of ether oxygens (including phenoxy) is 2. The topological polar surface area (TPSA) is 43.2 Å². The molecule has 0 saturated carbocycles. The number of nitrogens with zero attached hydrogens (tertiary/aromatic N) is 2. The van der Waals surface area contributed by atoms with E-state index in [2.05, 4.69) is 38.8 Å². The number of hydrogen-bond donors (Lipinski definition) is 0. The van der Waals surface area contributed by atoms with Crippen molar-refractivity contribution in [3.63, 3.8) is 0 Å². The molecule has 0 amide bonds. The van der Waals surface area contributed by atoms with Crippen molar-refractivity contribution in [3.05, 3.63) is 11.6 Å². The molecule has 0 aromatic rings. The van der Waals surface area contributed by atoms with Gasteiger partial charge in [0.15, 0.2) is 0 Å². The van der Waals surface area contributed by atoms with Crippen molar-refractivity contribution in [2.45, 2.75) is 59.0 Å². The van der Waals surface area contributed by atoms with E-state index in [1.807, 2.05) is 0 Å². The van der Waals surface area contributed by atoms with Crippen molar-refractivity contribution in [3.8, 4) is 0 Å². The molecule has 1 aliphatic heterocycles. The van der Waals surface area contributed by atoms with Crippen LogP contribution >= 0.6 is 0 Å². The first-order valence-electron chi connectivity index (χ1n) is 7.44. The Labute approximate surface area is 123 Å². The van der Waals surface area contributed by atoms with Crippen LogP contribution in [-0.2, 0) is 9.47 Å². The summed E-state index contributed by atoms with van der Waals surface area (Å²) in [6, 6.07) is -0.0509. The molecule has 2 atom stereocenters. The van der Waals surface area contributed by atoms with Crippen molar-refractivity contribution in [1.82, 2.24) is 0 Å². The lowest BCUT2D eigenvalue weighted by molar-refractivity contribution is 0.330. The van der Waals surface area contributed by atoms with Gasteiger partial charge in [0.2, 0.25) is 11.8 Å². The Hall–Kier alpha value is -1.32. The van der Waals surface area contributed by atoms with E-state index in [0.29, 0.717) is 5.92 Å². The fourth-order valence-corrected chi connectivity index (χ4v) is 2.40. The molecule has 1 heterocycles. The number of rotatable bonds is 5. The molecule has 1 aliphatic rings. The van der Waals surface area contributed by atoms with Crippen LogP contribution < -0.4 is 0 Å².